The van der Waals surface area contributed by atoms with Crippen LogP contribution in [0.2, 0.25) is 0 Å². The van der Waals surface area contributed by atoms with Crippen molar-refractivity contribution in [3.8, 4) is 33.5 Å². The van der Waals surface area contributed by atoms with Crippen LogP contribution < -0.4 is 0 Å². The van der Waals surface area contributed by atoms with Gasteiger partial charge in [-0.2, -0.15) is 0 Å². The second kappa shape index (κ2) is 12.7. The van der Waals surface area contributed by atoms with Crippen LogP contribution in [0.3, 0.4) is 0 Å². The Kier molecular flexibility index (Phi) is 9.46. The Morgan fingerprint density at radius 2 is 1.42 bits per heavy atom. The number of aliphatic hydroxyl groups excluding tert-OH is 1. The van der Waals surface area contributed by atoms with Gasteiger partial charge in [-0.05, 0) is 53.9 Å². The number of carbonyl (C=O) groups is 1. The van der Waals surface area contributed by atoms with Crippen LogP contribution >= 0.6 is 0 Å². The van der Waals surface area contributed by atoms with Crippen LogP contribution in [0.5, 0.6) is 0 Å². The van der Waals surface area contributed by atoms with Crippen molar-refractivity contribution in [2.75, 3.05) is 0 Å². The zero-order valence-electron chi connectivity index (χ0n) is 20.1. The SMILES string of the molecule is CC(=O)/C=C(/C)O.[Ir].[c-]1ccccc1-c1cc(-c2ccccc2)c2cc(-c3ccccc3)ccc2n1. The number of allylic oxidation sites excluding steroid dienone is 2. The molecule has 4 heteroatoms. The number of fused-ring (bicyclic) bond motifs is 1. The van der Waals surface area contributed by atoms with Gasteiger partial charge in [0.1, 0.15) is 0 Å². The Bertz CT molecular complexity index is 1460. The van der Waals surface area contributed by atoms with Crippen LogP contribution in [-0.2, 0) is 24.9 Å². The van der Waals surface area contributed by atoms with Crippen molar-refractivity contribution in [3.05, 3.63) is 127 Å². The zero-order valence-corrected chi connectivity index (χ0v) is 22.5. The first-order valence-electron chi connectivity index (χ1n) is 11.4. The minimum atomic E-state index is -0.125. The second-order valence-electron chi connectivity index (χ2n) is 8.19. The molecule has 1 heterocycles. The average molecular weight is 649 g/mol. The summed E-state index contributed by atoms with van der Waals surface area (Å²) in [4.78, 5) is 15.0. The average Bonchev–Trinajstić information content (AvgIpc) is 2.89. The molecule has 181 valence electrons. The number of aromatic nitrogens is 1. The number of aliphatic hydroxyl groups is 1. The van der Waals surface area contributed by atoms with Crippen LogP contribution in [-0.4, -0.2) is 15.9 Å². The van der Waals surface area contributed by atoms with Crippen molar-refractivity contribution < 1.29 is 30.0 Å². The molecule has 1 N–H and O–H groups in total. The molecule has 0 spiro atoms. The van der Waals surface area contributed by atoms with E-state index in [1.54, 1.807) is 0 Å². The van der Waals surface area contributed by atoms with Gasteiger partial charge in [-0.15, -0.1) is 35.9 Å². The fraction of sp³-hybridized carbons (Fsp3) is 0.0625. The molecule has 36 heavy (non-hydrogen) atoms. The summed E-state index contributed by atoms with van der Waals surface area (Å²) in [5, 5.41) is 9.52. The summed E-state index contributed by atoms with van der Waals surface area (Å²) in [6, 6.07) is 41.0. The van der Waals surface area contributed by atoms with Gasteiger partial charge in [-0.25, -0.2) is 0 Å². The number of hydrogen-bond donors (Lipinski definition) is 1. The van der Waals surface area contributed by atoms with Crippen LogP contribution in [0.1, 0.15) is 13.8 Å². The second-order valence-corrected chi connectivity index (χ2v) is 8.19. The summed E-state index contributed by atoms with van der Waals surface area (Å²) >= 11 is 0. The van der Waals surface area contributed by atoms with E-state index in [1.165, 1.54) is 42.2 Å². The van der Waals surface area contributed by atoms with E-state index in [4.69, 9.17) is 10.1 Å². The molecule has 4 aromatic carbocycles. The fourth-order valence-corrected chi connectivity index (χ4v) is 3.88. The van der Waals surface area contributed by atoms with Crippen molar-refractivity contribution in [2.45, 2.75) is 13.8 Å². The number of pyridine rings is 1. The van der Waals surface area contributed by atoms with Gasteiger partial charge in [0.25, 0.3) is 0 Å². The molecular weight excluding hydrogens is 623 g/mol. The van der Waals surface area contributed by atoms with E-state index in [9.17, 15) is 4.79 Å². The third-order valence-electron chi connectivity index (χ3n) is 5.40. The normalized spacial score (nSPS) is 10.7. The van der Waals surface area contributed by atoms with Gasteiger partial charge in [0.05, 0.1) is 11.3 Å². The monoisotopic (exact) mass is 649 g/mol. The smallest absolute Gasteiger partial charge is 0.155 e. The maximum absolute atomic E-state index is 10.0. The van der Waals surface area contributed by atoms with E-state index >= 15 is 0 Å². The summed E-state index contributed by atoms with van der Waals surface area (Å²) in [5.74, 6) is -0.0625. The summed E-state index contributed by atoms with van der Waals surface area (Å²) < 4.78 is 0. The van der Waals surface area contributed by atoms with Crippen molar-refractivity contribution in [1.29, 1.82) is 0 Å². The van der Waals surface area contributed by atoms with E-state index in [2.05, 4.69) is 84.9 Å². The molecule has 3 nitrogen and oxygen atoms in total. The van der Waals surface area contributed by atoms with Gasteiger partial charge < -0.3 is 5.11 Å². The van der Waals surface area contributed by atoms with Crippen LogP contribution in [0.4, 0.5) is 0 Å². The minimum Gasteiger partial charge on any atom is -0.512 e. The van der Waals surface area contributed by atoms with Crippen molar-refractivity contribution in [2.24, 2.45) is 0 Å². The van der Waals surface area contributed by atoms with Crippen LogP contribution in [0, 0.1) is 6.07 Å². The largest absolute Gasteiger partial charge is 0.512 e. The molecule has 1 radical (unpaired) electrons. The molecule has 1 aromatic heterocycles. The Hall–Kier alpha value is -3.85. The van der Waals surface area contributed by atoms with Crippen molar-refractivity contribution >= 4 is 16.7 Å². The summed E-state index contributed by atoms with van der Waals surface area (Å²) in [6.45, 7) is 2.85. The molecule has 0 atom stereocenters. The third kappa shape index (κ3) is 6.85. The molecule has 0 saturated heterocycles. The minimum absolute atomic E-state index is 0. The predicted molar refractivity (Wildman–Crippen MR) is 144 cm³/mol. The van der Waals surface area contributed by atoms with Gasteiger partial charge in [-0.1, -0.05) is 72.8 Å². The molecule has 0 fully saturated rings. The van der Waals surface area contributed by atoms with E-state index in [0.717, 1.165) is 22.2 Å². The number of ketones is 1. The standard InChI is InChI=1S/C27H18N.C5H8O2.Ir/c1-4-10-20(11-5-1)23-16-17-26-25(18-23)24(21-12-6-2-7-13-21)19-27(28-26)22-14-8-3-9-15-22;1-4(6)3-5(2)7;/h1-14,16-19H;3,6H,1-2H3;/q-1;;/b;4-3-;. The first-order chi connectivity index (χ1) is 17.0. The summed E-state index contributed by atoms with van der Waals surface area (Å²) in [5.41, 5.74) is 7.74. The Morgan fingerprint density at radius 3 is 1.97 bits per heavy atom. The van der Waals surface area contributed by atoms with E-state index in [-0.39, 0.29) is 31.6 Å². The maximum atomic E-state index is 10.0. The Labute approximate surface area is 225 Å². The van der Waals surface area contributed by atoms with Crippen molar-refractivity contribution in [1.82, 2.24) is 4.98 Å². The molecule has 5 rings (SSSR count). The van der Waals surface area contributed by atoms with E-state index in [1.807, 2.05) is 30.3 Å². The Morgan fingerprint density at radius 1 is 0.778 bits per heavy atom. The van der Waals surface area contributed by atoms with Gasteiger partial charge >= 0.3 is 0 Å². The van der Waals surface area contributed by atoms with E-state index in [0.29, 0.717) is 0 Å². The zero-order chi connectivity index (χ0) is 24.6. The van der Waals surface area contributed by atoms with Gasteiger partial charge in [0, 0.05) is 31.6 Å². The number of carbonyl (C=O) groups excluding carboxylic acids is 1. The molecule has 0 saturated carbocycles. The molecule has 0 aliphatic rings. The first kappa shape index (κ1) is 26.7. The molecule has 5 aromatic rings. The first-order valence-corrected chi connectivity index (χ1v) is 11.4. The number of hydrogen-bond acceptors (Lipinski definition) is 3. The third-order valence-corrected chi connectivity index (χ3v) is 5.40. The Balaban J connectivity index is 0.000000400. The van der Waals surface area contributed by atoms with E-state index < -0.39 is 0 Å². The number of benzene rings is 4. The van der Waals surface area contributed by atoms with Gasteiger partial charge in [-0.3, -0.25) is 9.78 Å². The maximum Gasteiger partial charge on any atom is 0.155 e. The topological polar surface area (TPSA) is 50.2 Å². The molecule has 0 unspecified atom stereocenters. The molecule has 0 aliphatic heterocycles. The fourth-order valence-electron chi connectivity index (χ4n) is 3.88. The van der Waals surface area contributed by atoms with Gasteiger partial charge in [0.15, 0.2) is 5.78 Å². The quantitative estimate of drug-likeness (QED) is 0.122. The summed E-state index contributed by atoms with van der Waals surface area (Å²) in [6.07, 6.45) is 1.17. The molecule has 0 aliphatic carbocycles. The molecule has 0 amide bonds. The van der Waals surface area contributed by atoms with Crippen LogP contribution in [0.15, 0.2) is 121 Å². The number of nitrogens with zero attached hydrogens (tertiary/aromatic N) is 1. The number of rotatable bonds is 4. The molecule has 0 bridgehead atoms. The van der Waals surface area contributed by atoms with Gasteiger partial charge in [0.2, 0.25) is 0 Å². The van der Waals surface area contributed by atoms with Crippen molar-refractivity contribution in [3.63, 3.8) is 0 Å². The van der Waals surface area contributed by atoms with Crippen LogP contribution in [0.25, 0.3) is 44.4 Å². The summed E-state index contributed by atoms with van der Waals surface area (Å²) in [7, 11) is 0. The predicted octanol–water partition coefficient (Wildman–Crippen LogP) is 8.07. The molecular formula is C32H26IrNO2-.